The fourth-order valence-electron chi connectivity index (χ4n) is 7.87. The average molecular weight is 810 g/mol. The maximum atomic E-state index is 13.3. The van der Waals surface area contributed by atoms with Crippen LogP contribution in [0.25, 0.3) is 21.9 Å². The Labute approximate surface area is 339 Å². The van der Waals surface area contributed by atoms with Crippen LogP contribution in [0.15, 0.2) is 59.8 Å². The zero-order chi connectivity index (χ0) is 42.4. The molecule has 0 saturated carbocycles. The van der Waals surface area contributed by atoms with Crippen molar-refractivity contribution in [3.8, 4) is 22.6 Å². The number of carboxylic acid groups (broad SMARTS) is 1. The molecule has 3 N–H and O–H groups in total. The molecule has 3 aliphatic heterocycles. The van der Waals surface area contributed by atoms with Crippen molar-refractivity contribution in [3.05, 3.63) is 82.0 Å². The molecule has 1 atom stereocenters. The van der Waals surface area contributed by atoms with Gasteiger partial charge < -0.3 is 29.4 Å². The van der Waals surface area contributed by atoms with Gasteiger partial charge in [0.1, 0.15) is 17.5 Å². The third kappa shape index (κ3) is 8.65. The van der Waals surface area contributed by atoms with Gasteiger partial charge in [0, 0.05) is 83.1 Å². The SMILES string of the molecule is COc1cc(-c2cn(C)c(=O)c3cnccc23)cc(OC)c1CN1CC(C(=O)N(C)CCCCCNc2cccc3c2C(=O)N(C2CCC(=O)NC2=O)C3=O)C1.O=CO. The lowest BCUT2D eigenvalue weighted by molar-refractivity contribution is -0.140. The number of ether oxygens (including phenoxy) is 2. The van der Waals surface area contributed by atoms with Crippen LogP contribution >= 0.6 is 0 Å². The van der Waals surface area contributed by atoms with Gasteiger partial charge in [0.05, 0.1) is 42.2 Å². The van der Waals surface area contributed by atoms with E-state index in [2.05, 4.69) is 20.5 Å². The standard InChI is InChI=1S/C41H45N7O8.CH2O2/c1-45(16-7-5-6-14-43-31-10-8-9-27-36(31)41(54)48(40(27)53)32-11-12-35(49)44-37(32)50)38(51)25-20-47(21-25)23-30-33(55-3)17-24(18-34(30)56-4)29-22-46(2)39(52)28-19-42-15-13-26(28)29;2-1-3/h8-10,13,15,17-19,22,25,32,43H,5-7,11-12,14,16,20-21,23H2,1-4H3,(H,44,49,50);1H,(H,2,3). The summed E-state index contributed by atoms with van der Waals surface area (Å²) in [5.41, 5.74) is 3.46. The number of rotatable bonds is 14. The van der Waals surface area contributed by atoms with Gasteiger partial charge in [-0.1, -0.05) is 6.07 Å². The number of nitrogens with one attached hydrogen (secondary N) is 2. The van der Waals surface area contributed by atoms with E-state index in [9.17, 15) is 28.8 Å². The smallest absolute Gasteiger partial charge is 0.290 e. The molecule has 7 rings (SSSR count). The molecule has 0 bridgehead atoms. The summed E-state index contributed by atoms with van der Waals surface area (Å²) in [7, 11) is 6.79. The third-order valence-corrected chi connectivity index (χ3v) is 10.9. The van der Waals surface area contributed by atoms with E-state index >= 15 is 0 Å². The Bertz CT molecular complexity index is 2330. The third-order valence-electron chi connectivity index (χ3n) is 10.9. The van der Waals surface area contributed by atoms with Crippen molar-refractivity contribution >= 4 is 52.5 Å². The molecule has 310 valence electrons. The van der Waals surface area contributed by atoms with Crippen molar-refractivity contribution in [1.82, 2.24) is 29.6 Å². The summed E-state index contributed by atoms with van der Waals surface area (Å²) in [4.78, 5) is 93.9. The first-order valence-electron chi connectivity index (χ1n) is 19.2. The number of nitrogens with zero attached hydrogens (tertiary/aromatic N) is 5. The van der Waals surface area contributed by atoms with Gasteiger partial charge in [-0.15, -0.1) is 0 Å². The lowest BCUT2D eigenvalue weighted by atomic mass is 9.95. The highest BCUT2D eigenvalue weighted by Gasteiger charge is 2.45. The lowest BCUT2D eigenvalue weighted by Gasteiger charge is -2.40. The second-order valence-electron chi connectivity index (χ2n) is 14.7. The van der Waals surface area contributed by atoms with Crippen molar-refractivity contribution in [2.24, 2.45) is 13.0 Å². The minimum atomic E-state index is -1.01. The topological polar surface area (TPSA) is 210 Å². The van der Waals surface area contributed by atoms with Crippen LogP contribution in [-0.4, -0.2) is 119 Å². The number of imide groups is 2. The molecule has 17 nitrogen and oxygen atoms in total. The number of carbonyl (C=O) groups is 6. The molecule has 2 aromatic carbocycles. The van der Waals surface area contributed by atoms with Crippen LogP contribution in [0.1, 0.15) is 58.4 Å². The van der Waals surface area contributed by atoms with E-state index in [0.29, 0.717) is 55.3 Å². The fourth-order valence-corrected chi connectivity index (χ4v) is 7.87. The fraction of sp³-hybridized carbons (Fsp3) is 0.381. The predicted octanol–water partition coefficient (Wildman–Crippen LogP) is 2.89. The summed E-state index contributed by atoms with van der Waals surface area (Å²) in [6, 6.07) is 9.73. The predicted molar refractivity (Wildman–Crippen MR) is 216 cm³/mol. The minimum Gasteiger partial charge on any atom is -0.496 e. The largest absolute Gasteiger partial charge is 0.496 e. The molecule has 0 radical (unpaired) electrons. The Kier molecular flexibility index (Phi) is 13.0. The van der Waals surface area contributed by atoms with Crippen molar-refractivity contribution in [2.75, 3.05) is 52.8 Å². The Morgan fingerprint density at radius 1 is 1.00 bits per heavy atom. The van der Waals surface area contributed by atoms with E-state index in [1.807, 2.05) is 31.4 Å². The Hall–Kier alpha value is -6.62. The molecule has 2 saturated heterocycles. The monoisotopic (exact) mass is 809 g/mol. The van der Waals surface area contributed by atoms with E-state index in [1.54, 1.807) is 61.3 Å². The van der Waals surface area contributed by atoms with Crippen LogP contribution in [0, 0.1) is 5.92 Å². The molecule has 2 fully saturated rings. The van der Waals surface area contributed by atoms with E-state index in [4.69, 9.17) is 19.4 Å². The van der Waals surface area contributed by atoms with Gasteiger partial charge in [0.2, 0.25) is 17.7 Å². The molecule has 2 aromatic heterocycles. The zero-order valence-electron chi connectivity index (χ0n) is 33.4. The molecule has 0 aliphatic carbocycles. The number of piperidine rings is 1. The van der Waals surface area contributed by atoms with Gasteiger partial charge in [0.15, 0.2) is 0 Å². The van der Waals surface area contributed by atoms with Crippen molar-refractivity contribution in [1.29, 1.82) is 0 Å². The number of fused-ring (bicyclic) bond motifs is 2. The summed E-state index contributed by atoms with van der Waals surface area (Å²) >= 11 is 0. The van der Waals surface area contributed by atoms with Gasteiger partial charge in [-0.05, 0) is 67.0 Å². The number of aromatic nitrogens is 2. The van der Waals surface area contributed by atoms with Gasteiger partial charge in [-0.3, -0.25) is 53.7 Å². The lowest BCUT2D eigenvalue weighted by Crippen LogP contribution is -2.54. The molecule has 5 heterocycles. The zero-order valence-corrected chi connectivity index (χ0v) is 33.4. The highest BCUT2D eigenvalue weighted by molar-refractivity contribution is 6.25. The Morgan fingerprint density at radius 3 is 2.39 bits per heavy atom. The summed E-state index contributed by atoms with van der Waals surface area (Å²) in [5, 5.41) is 13.7. The van der Waals surface area contributed by atoms with Crippen molar-refractivity contribution in [2.45, 2.75) is 44.7 Å². The van der Waals surface area contributed by atoms with Crippen LogP contribution < -0.4 is 25.7 Å². The highest BCUT2D eigenvalue weighted by Crippen LogP contribution is 2.39. The molecule has 0 spiro atoms. The number of anilines is 1. The maximum Gasteiger partial charge on any atom is 0.290 e. The van der Waals surface area contributed by atoms with Crippen LogP contribution in [-0.2, 0) is 32.8 Å². The number of hydrogen-bond acceptors (Lipinski definition) is 12. The Morgan fingerprint density at radius 2 is 1.71 bits per heavy atom. The van der Waals surface area contributed by atoms with Gasteiger partial charge in [-0.25, -0.2) is 0 Å². The summed E-state index contributed by atoms with van der Waals surface area (Å²) in [6.45, 7) is 2.69. The average Bonchev–Trinajstić information content (AvgIpc) is 3.47. The number of aryl methyl sites for hydroxylation is 1. The number of pyridine rings is 2. The molecule has 59 heavy (non-hydrogen) atoms. The maximum absolute atomic E-state index is 13.3. The number of methoxy groups -OCH3 is 2. The van der Waals surface area contributed by atoms with E-state index < -0.39 is 29.7 Å². The van der Waals surface area contributed by atoms with Crippen LogP contribution in [0.2, 0.25) is 0 Å². The molecular weight excluding hydrogens is 763 g/mol. The highest BCUT2D eigenvalue weighted by atomic mass is 16.5. The first-order chi connectivity index (χ1) is 28.4. The molecule has 1 unspecified atom stereocenters. The minimum absolute atomic E-state index is 0.0641. The number of unbranched alkanes of at least 4 members (excludes halogenated alkanes) is 2. The van der Waals surface area contributed by atoms with E-state index in [-0.39, 0.29) is 47.8 Å². The number of carbonyl (C=O) groups excluding carboxylic acids is 5. The summed E-state index contributed by atoms with van der Waals surface area (Å²) in [5.74, 6) is -0.827. The summed E-state index contributed by atoms with van der Waals surface area (Å²) < 4.78 is 13.2. The van der Waals surface area contributed by atoms with Crippen molar-refractivity contribution < 1.29 is 43.3 Å². The van der Waals surface area contributed by atoms with Crippen LogP contribution in [0.5, 0.6) is 11.5 Å². The normalized spacial score (nSPS) is 16.5. The van der Waals surface area contributed by atoms with Crippen LogP contribution in [0.3, 0.4) is 0 Å². The van der Waals surface area contributed by atoms with E-state index in [0.717, 1.165) is 46.2 Å². The molecular formula is C42H47N7O10. The first-order valence-corrected chi connectivity index (χ1v) is 19.2. The van der Waals surface area contributed by atoms with Gasteiger partial charge in [-0.2, -0.15) is 0 Å². The van der Waals surface area contributed by atoms with Crippen LogP contribution in [0.4, 0.5) is 5.69 Å². The summed E-state index contributed by atoms with van der Waals surface area (Å²) in [6.07, 6.45) is 7.64. The molecule has 17 heteroatoms. The van der Waals surface area contributed by atoms with Crippen molar-refractivity contribution in [3.63, 3.8) is 0 Å². The quantitative estimate of drug-likeness (QED) is 0.0952. The molecule has 3 aliphatic rings. The van der Waals surface area contributed by atoms with Gasteiger partial charge >= 0.3 is 0 Å². The number of hydrogen-bond donors (Lipinski definition) is 3. The second kappa shape index (κ2) is 18.3. The van der Waals surface area contributed by atoms with Gasteiger partial charge in [0.25, 0.3) is 23.8 Å². The second-order valence-corrected chi connectivity index (χ2v) is 14.7. The number of likely N-dealkylation sites (tertiary alicyclic amines) is 1. The van der Waals surface area contributed by atoms with E-state index in [1.165, 1.54) is 0 Å². The Balaban J connectivity index is 0.00000189. The number of amides is 5. The molecule has 4 aromatic rings. The molecule has 5 amide bonds. The first kappa shape index (κ1) is 42.0. The number of benzene rings is 2.